The van der Waals surface area contributed by atoms with Gasteiger partial charge in [-0.05, 0) is 45.4 Å². The number of hydrogen-bond acceptors (Lipinski definition) is 5. The van der Waals surface area contributed by atoms with Crippen LogP contribution >= 0.6 is 11.8 Å². The van der Waals surface area contributed by atoms with Crippen LogP contribution in [-0.4, -0.2) is 46.2 Å². The molecule has 1 rings (SSSR count). The molecular formula is C18H31N3O4S. The smallest absolute Gasteiger partial charge is 0.288 e. The Kier molecular flexibility index (Phi) is 9.69. The van der Waals surface area contributed by atoms with Crippen molar-refractivity contribution in [2.75, 3.05) is 12.3 Å². The first kappa shape index (κ1) is 22.5. The number of primary amides is 1. The van der Waals surface area contributed by atoms with Crippen LogP contribution in [0.5, 0.6) is 0 Å². The topological polar surface area (TPSA) is 110 Å². The molecule has 1 saturated carbocycles. The van der Waals surface area contributed by atoms with Gasteiger partial charge in [0.15, 0.2) is 0 Å². The number of nitrogens with two attached hydrogens (primary N) is 1. The Bertz CT molecular complexity index is 517. The van der Waals surface area contributed by atoms with Crippen molar-refractivity contribution in [2.45, 2.75) is 65.3 Å². The Balaban J connectivity index is 2.54. The molecule has 7 nitrogen and oxygen atoms in total. The van der Waals surface area contributed by atoms with E-state index in [-0.39, 0.29) is 53.5 Å². The van der Waals surface area contributed by atoms with Gasteiger partial charge in [0.2, 0.25) is 17.7 Å². The molecule has 1 fully saturated rings. The van der Waals surface area contributed by atoms with Gasteiger partial charge in [0.1, 0.15) is 0 Å². The molecule has 0 bridgehead atoms. The monoisotopic (exact) mass is 385 g/mol. The van der Waals surface area contributed by atoms with E-state index in [1.54, 1.807) is 6.92 Å². The number of carbonyl (C=O) groups excluding carboxylic acids is 4. The van der Waals surface area contributed by atoms with Gasteiger partial charge in [-0.15, -0.1) is 0 Å². The molecular weight excluding hydrogens is 354 g/mol. The third kappa shape index (κ3) is 7.76. The van der Waals surface area contributed by atoms with Gasteiger partial charge in [-0.1, -0.05) is 18.7 Å². The van der Waals surface area contributed by atoms with Crippen molar-refractivity contribution in [2.24, 2.45) is 17.6 Å². The van der Waals surface area contributed by atoms with Crippen LogP contribution in [0.3, 0.4) is 0 Å². The average Bonchev–Trinajstić information content (AvgIpc) is 2.58. The molecule has 1 aliphatic carbocycles. The van der Waals surface area contributed by atoms with Gasteiger partial charge in [-0.25, -0.2) is 0 Å². The van der Waals surface area contributed by atoms with Crippen LogP contribution in [-0.2, 0) is 14.4 Å². The normalized spacial score (nSPS) is 19.8. The molecule has 0 aliphatic heterocycles. The largest absolute Gasteiger partial charge is 0.370 e. The number of amides is 4. The number of hydrogen-bond donors (Lipinski definition) is 2. The quantitative estimate of drug-likeness (QED) is 0.666. The molecule has 0 atom stereocenters. The minimum atomic E-state index is -0.461. The van der Waals surface area contributed by atoms with Gasteiger partial charge in [0, 0.05) is 37.1 Å². The van der Waals surface area contributed by atoms with E-state index in [9.17, 15) is 19.2 Å². The number of imide groups is 1. The summed E-state index contributed by atoms with van der Waals surface area (Å²) in [5.74, 6) is -0.0566. The third-order valence-corrected chi connectivity index (χ3v) is 5.36. The second-order valence-corrected chi connectivity index (χ2v) is 8.12. The molecule has 0 aromatic heterocycles. The van der Waals surface area contributed by atoms with Crippen LogP contribution < -0.4 is 11.1 Å². The zero-order valence-corrected chi connectivity index (χ0v) is 16.8. The summed E-state index contributed by atoms with van der Waals surface area (Å²) in [7, 11) is 0. The highest BCUT2D eigenvalue weighted by molar-refractivity contribution is 8.13. The molecule has 1 aliphatic rings. The fourth-order valence-corrected chi connectivity index (χ4v) is 3.86. The zero-order chi connectivity index (χ0) is 19.7. The van der Waals surface area contributed by atoms with Crippen molar-refractivity contribution < 1.29 is 19.2 Å². The Labute approximate surface area is 159 Å². The van der Waals surface area contributed by atoms with Crippen molar-refractivity contribution in [1.29, 1.82) is 0 Å². The van der Waals surface area contributed by atoms with E-state index in [0.717, 1.165) is 37.4 Å². The van der Waals surface area contributed by atoms with E-state index in [4.69, 9.17) is 5.73 Å². The lowest BCUT2D eigenvalue weighted by Crippen LogP contribution is -2.41. The average molecular weight is 386 g/mol. The Morgan fingerprint density at radius 2 is 1.77 bits per heavy atom. The second kappa shape index (κ2) is 11.2. The summed E-state index contributed by atoms with van der Waals surface area (Å²) < 4.78 is 0. The zero-order valence-electron chi connectivity index (χ0n) is 16.0. The number of nitrogens with one attached hydrogen (secondary N) is 1. The lowest BCUT2D eigenvalue weighted by molar-refractivity contribution is -0.129. The maximum Gasteiger partial charge on any atom is 0.288 e. The van der Waals surface area contributed by atoms with Gasteiger partial charge in [-0.2, -0.15) is 0 Å². The molecule has 3 N–H and O–H groups in total. The van der Waals surface area contributed by atoms with Gasteiger partial charge in [-0.3, -0.25) is 24.1 Å². The van der Waals surface area contributed by atoms with Crippen LogP contribution in [0.15, 0.2) is 0 Å². The highest BCUT2D eigenvalue weighted by Crippen LogP contribution is 2.30. The van der Waals surface area contributed by atoms with E-state index < -0.39 is 5.91 Å². The second-order valence-electron chi connectivity index (χ2n) is 7.07. The standard InChI is InChI=1S/C18H31N3O4S/c1-4-16(23)21(18(25)26-10-9-15(19)22)11-13-5-7-14(8-6-13)17(24)20-12(2)3/h12-14H,4-11H2,1-3H3,(H2,19,22)(H,20,24). The Morgan fingerprint density at radius 3 is 2.27 bits per heavy atom. The summed E-state index contributed by atoms with van der Waals surface area (Å²) in [6.07, 6.45) is 3.57. The first-order valence-electron chi connectivity index (χ1n) is 9.30. The maximum absolute atomic E-state index is 12.3. The fraction of sp³-hybridized carbons (Fsp3) is 0.778. The van der Waals surface area contributed by atoms with Crippen LogP contribution in [0.25, 0.3) is 0 Å². The SMILES string of the molecule is CCC(=O)N(CC1CCC(C(=O)NC(C)C)CC1)C(=O)SCCC(N)=O. The van der Waals surface area contributed by atoms with E-state index in [0.29, 0.717) is 6.54 Å². The highest BCUT2D eigenvalue weighted by atomic mass is 32.2. The number of carbonyl (C=O) groups is 4. The molecule has 0 heterocycles. The highest BCUT2D eigenvalue weighted by Gasteiger charge is 2.30. The summed E-state index contributed by atoms with van der Waals surface area (Å²) in [5, 5.41) is 2.63. The van der Waals surface area contributed by atoms with Gasteiger partial charge < -0.3 is 11.1 Å². The summed E-state index contributed by atoms with van der Waals surface area (Å²) in [6.45, 7) is 6.00. The molecule has 0 unspecified atom stereocenters. The van der Waals surface area contributed by atoms with Crippen LogP contribution in [0.2, 0.25) is 0 Å². The Hall–Kier alpha value is -1.57. The van der Waals surface area contributed by atoms with Crippen molar-refractivity contribution in [3.05, 3.63) is 0 Å². The lowest BCUT2D eigenvalue weighted by atomic mass is 9.81. The molecule has 0 spiro atoms. The lowest BCUT2D eigenvalue weighted by Gasteiger charge is -2.31. The molecule has 0 saturated heterocycles. The van der Waals surface area contributed by atoms with E-state index >= 15 is 0 Å². The molecule has 8 heteroatoms. The Morgan fingerprint density at radius 1 is 1.15 bits per heavy atom. The fourth-order valence-electron chi connectivity index (χ4n) is 3.05. The summed E-state index contributed by atoms with van der Waals surface area (Å²) in [4.78, 5) is 48.7. The van der Waals surface area contributed by atoms with Gasteiger partial charge in [0.05, 0.1) is 0 Å². The first-order chi connectivity index (χ1) is 12.2. The van der Waals surface area contributed by atoms with Gasteiger partial charge in [0.25, 0.3) is 5.24 Å². The number of rotatable bonds is 8. The van der Waals surface area contributed by atoms with Crippen molar-refractivity contribution in [1.82, 2.24) is 10.2 Å². The first-order valence-corrected chi connectivity index (χ1v) is 10.3. The van der Waals surface area contributed by atoms with Crippen LogP contribution in [0, 0.1) is 11.8 Å². The molecule has 0 aromatic rings. The molecule has 26 heavy (non-hydrogen) atoms. The molecule has 0 radical (unpaired) electrons. The van der Waals surface area contributed by atoms with Crippen LogP contribution in [0.1, 0.15) is 59.3 Å². The predicted octanol–water partition coefficient (Wildman–Crippen LogP) is 2.28. The molecule has 0 aromatic carbocycles. The van der Waals surface area contributed by atoms with Crippen molar-refractivity contribution in [3.8, 4) is 0 Å². The predicted molar refractivity (Wildman–Crippen MR) is 102 cm³/mol. The van der Waals surface area contributed by atoms with E-state index in [1.807, 2.05) is 13.8 Å². The van der Waals surface area contributed by atoms with Crippen LogP contribution in [0.4, 0.5) is 4.79 Å². The summed E-state index contributed by atoms with van der Waals surface area (Å²) in [6, 6.07) is 0.132. The molecule has 148 valence electrons. The minimum absolute atomic E-state index is 0.0182. The molecule has 4 amide bonds. The maximum atomic E-state index is 12.3. The van der Waals surface area contributed by atoms with Crippen molar-refractivity contribution >= 4 is 34.7 Å². The third-order valence-electron chi connectivity index (χ3n) is 4.49. The van der Waals surface area contributed by atoms with Gasteiger partial charge >= 0.3 is 0 Å². The van der Waals surface area contributed by atoms with Crippen molar-refractivity contribution in [3.63, 3.8) is 0 Å². The minimum Gasteiger partial charge on any atom is -0.370 e. The number of nitrogens with zero attached hydrogens (tertiary/aromatic N) is 1. The summed E-state index contributed by atoms with van der Waals surface area (Å²) in [5.41, 5.74) is 5.08. The summed E-state index contributed by atoms with van der Waals surface area (Å²) >= 11 is 0.959. The number of thioether (sulfide) groups is 1. The van der Waals surface area contributed by atoms with E-state index in [1.165, 1.54) is 4.90 Å². The van der Waals surface area contributed by atoms with E-state index in [2.05, 4.69) is 5.32 Å².